The van der Waals surface area contributed by atoms with Gasteiger partial charge in [0, 0.05) is 17.1 Å². The Balaban J connectivity index is 2.42. The second-order valence-corrected chi connectivity index (χ2v) is 5.97. The largest absolute Gasteiger partial charge is 0.480 e. The second kappa shape index (κ2) is 7.97. The summed E-state index contributed by atoms with van der Waals surface area (Å²) in [4.78, 5) is 23.1. The van der Waals surface area contributed by atoms with Crippen LogP contribution in [-0.4, -0.2) is 28.8 Å². The van der Waals surface area contributed by atoms with Crippen LogP contribution in [0.4, 0.5) is 8.78 Å². The van der Waals surface area contributed by atoms with E-state index in [0.717, 1.165) is 12.1 Å². The molecule has 0 saturated heterocycles. The molecule has 0 spiro atoms. The van der Waals surface area contributed by atoms with Gasteiger partial charge in [0.2, 0.25) is 5.91 Å². The molecule has 0 aliphatic rings. The molecule has 7 heteroatoms. The minimum absolute atomic E-state index is 0.0974. The monoisotopic (exact) mass is 317 g/mol. The summed E-state index contributed by atoms with van der Waals surface area (Å²) < 4.78 is 25.7. The lowest BCUT2D eigenvalue weighted by molar-refractivity contribution is -0.143. The van der Waals surface area contributed by atoms with E-state index in [1.807, 2.05) is 0 Å². The average Bonchev–Trinajstić information content (AvgIpc) is 2.39. The topological polar surface area (TPSA) is 66.4 Å². The number of hydrogen-bond acceptors (Lipinski definition) is 3. The summed E-state index contributed by atoms with van der Waals surface area (Å²) >= 11 is 1.20. The number of thioether (sulfide) groups is 1. The van der Waals surface area contributed by atoms with Crippen LogP contribution >= 0.6 is 11.8 Å². The maximum Gasteiger partial charge on any atom is 0.326 e. The summed E-state index contributed by atoms with van der Waals surface area (Å²) in [7, 11) is 0. The third-order valence-electron chi connectivity index (χ3n) is 2.74. The minimum Gasteiger partial charge on any atom is -0.480 e. The number of hydrogen-bond donors (Lipinski definition) is 2. The molecule has 1 amide bonds. The molecule has 1 atom stereocenters. The van der Waals surface area contributed by atoms with E-state index in [2.05, 4.69) is 5.32 Å². The molecule has 1 aromatic rings. The molecule has 0 radical (unpaired) electrons. The van der Waals surface area contributed by atoms with Gasteiger partial charge in [-0.05, 0) is 24.1 Å². The first-order chi connectivity index (χ1) is 9.81. The van der Waals surface area contributed by atoms with Gasteiger partial charge in [-0.3, -0.25) is 4.79 Å². The number of benzene rings is 1. The number of carboxylic acid groups (broad SMARTS) is 1. The predicted molar refractivity (Wildman–Crippen MR) is 76.1 cm³/mol. The standard InChI is InChI=1S/C14H17F2NO3S/c1-8(2)13(14(19)20)17-12(18)5-6-21-9-3-4-10(15)11(16)7-9/h3-4,7-8,13H,5-6H2,1-2H3,(H,17,18)(H,19,20). The van der Waals surface area contributed by atoms with Gasteiger partial charge in [0.05, 0.1) is 0 Å². The van der Waals surface area contributed by atoms with Crippen molar-refractivity contribution in [2.45, 2.75) is 31.2 Å². The maximum atomic E-state index is 13.0. The zero-order valence-electron chi connectivity index (χ0n) is 11.7. The molecule has 1 aromatic carbocycles. The Morgan fingerprint density at radius 1 is 1.29 bits per heavy atom. The Morgan fingerprint density at radius 3 is 2.48 bits per heavy atom. The molecular formula is C14H17F2NO3S. The van der Waals surface area contributed by atoms with Crippen LogP contribution in [0.1, 0.15) is 20.3 Å². The van der Waals surface area contributed by atoms with Gasteiger partial charge >= 0.3 is 5.97 Å². The molecule has 0 aromatic heterocycles. The van der Waals surface area contributed by atoms with E-state index >= 15 is 0 Å². The molecule has 0 bridgehead atoms. The van der Waals surface area contributed by atoms with Gasteiger partial charge < -0.3 is 10.4 Å². The summed E-state index contributed by atoms with van der Waals surface area (Å²) in [6, 6.07) is 2.59. The zero-order valence-corrected chi connectivity index (χ0v) is 12.5. The molecule has 0 saturated carbocycles. The lowest BCUT2D eigenvalue weighted by Crippen LogP contribution is -2.44. The summed E-state index contributed by atoms with van der Waals surface area (Å²) in [5.41, 5.74) is 0. The second-order valence-electron chi connectivity index (χ2n) is 4.80. The van der Waals surface area contributed by atoms with E-state index in [0.29, 0.717) is 10.6 Å². The van der Waals surface area contributed by atoms with Gasteiger partial charge in [0.1, 0.15) is 6.04 Å². The number of aliphatic carboxylic acids is 1. The fraction of sp³-hybridized carbons (Fsp3) is 0.429. The number of carbonyl (C=O) groups is 2. The maximum absolute atomic E-state index is 13.0. The first kappa shape index (κ1) is 17.4. The van der Waals surface area contributed by atoms with Crippen molar-refractivity contribution in [1.29, 1.82) is 0 Å². The fourth-order valence-corrected chi connectivity index (χ4v) is 2.46. The normalized spacial score (nSPS) is 12.2. The Bertz CT molecular complexity index is 523. The molecule has 0 fully saturated rings. The van der Waals surface area contributed by atoms with E-state index in [4.69, 9.17) is 5.11 Å². The lowest BCUT2D eigenvalue weighted by atomic mass is 10.0. The van der Waals surface area contributed by atoms with Gasteiger partial charge in [-0.25, -0.2) is 13.6 Å². The smallest absolute Gasteiger partial charge is 0.326 e. The van der Waals surface area contributed by atoms with Gasteiger partial charge in [-0.2, -0.15) is 0 Å². The summed E-state index contributed by atoms with van der Waals surface area (Å²) in [6.45, 7) is 3.41. The molecule has 0 heterocycles. The molecule has 0 aliphatic heterocycles. The number of halogens is 2. The highest BCUT2D eigenvalue weighted by atomic mass is 32.2. The van der Waals surface area contributed by atoms with Crippen molar-refractivity contribution in [1.82, 2.24) is 5.32 Å². The molecule has 21 heavy (non-hydrogen) atoms. The third-order valence-corrected chi connectivity index (χ3v) is 3.73. The highest BCUT2D eigenvalue weighted by Gasteiger charge is 2.22. The SMILES string of the molecule is CC(C)C(NC(=O)CCSc1ccc(F)c(F)c1)C(=O)O. The van der Waals surface area contributed by atoms with Crippen LogP contribution in [0, 0.1) is 17.6 Å². The Morgan fingerprint density at radius 2 is 1.95 bits per heavy atom. The van der Waals surface area contributed by atoms with Crippen LogP contribution < -0.4 is 5.32 Å². The van der Waals surface area contributed by atoms with Crippen LogP contribution in [0.25, 0.3) is 0 Å². The van der Waals surface area contributed by atoms with Crippen LogP contribution in [-0.2, 0) is 9.59 Å². The van der Waals surface area contributed by atoms with Gasteiger partial charge in [0.25, 0.3) is 0 Å². The first-order valence-electron chi connectivity index (χ1n) is 6.41. The van der Waals surface area contributed by atoms with Crippen molar-refractivity contribution in [2.75, 3.05) is 5.75 Å². The number of amides is 1. The van der Waals surface area contributed by atoms with Gasteiger partial charge in [-0.1, -0.05) is 13.8 Å². The number of carboxylic acids is 1. The van der Waals surface area contributed by atoms with Crippen LogP contribution in [0.5, 0.6) is 0 Å². The summed E-state index contributed by atoms with van der Waals surface area (Å²) in [5.74, 6) is -3.18. The van der Waals surface area contributed by atoms with Crippen molar-refractivity contribution in [3.63, 3.8) is 0 Å². The fourth-order valence-electron chi connectivity index (χ4n) is 1.59. The van der Waals surface area contributed by atoms with E-state index in [1.54, 1.807) is 13.8 Å². The van der Waals surface area contributed by atoms with Crippen molar-refractivity contribution in [2.24, 2.45) is 5.92 Å². The Kier molecular flexibility index (Phi) is 6.61. The molecule has 116 valence electrons. The van der Waals surface area contributed by atoms with E-state index < -0.39 is 23.6 Å². The van der Waals surface area contributed by atoms with Gasteiger partial charge in [0.15, 0.2) is 11.6 Å². The summed E-state index contributed by atoms with van der Waals surface area (Å²) in [5, 5.41) is 11.4. The number of nitrogens with one attached hydrogen (secondary N) is 1. The Hall–Kier alpha value is -1.63. The highest BCUT2D eigenvalue weighted by molar-refractivity contribution is 7.99. The average molecular weight is 317 g/mol. The molecule has 0 aliphatic carbocycles. The quantitative estimate of drug-likeness (QED) is 0.759. The zero-order chi connectivity index (χ0) is 16.0. The third kappa shape index (κ3) is 5.71. The highest BCUT2D eigenvalue weighted by Crippen LogP contribution is 2.21. The molecule has 1 rings (SSSR count). The van der Waals surface area contributed by atoms with Crippen molar-refractivity contribution >= 4 is 23.6 Å². The Labute approximate surface area is 125 Å². The van der Waals surface area contributed by atoms with Crippen LogP contribution in [0.15, 0.2) is 23.1 Å². The lowest BCUT2D eigenvalue weighted by Gasteiger charge is -2.17. The number of rotatable bonds is 7. The van der Waals surface area contributed by atoms with Crippen molar-refractivity contribution < 1.29 is 23.5 Å². The summed E-state index contributed by atoms with van der Waals surface area (Å²) in [6.07, 6.45) is 0.0974. The molecule has 2 N–H and O–H groups in total. The molecule has 4 nitrogen and oxygen atoms in total. The molecular weight excluding hydrogens is 300 g/mol. The van der Waals surface area contributed by atoms with E-state index in [1.165, 1.54) is 17.8 Å². The predicted octanol–water partition coefficient (Wildman–Crippen LogP) is 2.67. The number of carbonyl (C=O) groups excluding carboxylic acids is 1. The van der Waals surface area contributed by atoms with Crippen molar-refractivity contribution in [3.8, 4) is 0 Å². The van der Waals surface area contributed by atoms with Crippen LogP contribution in [0.2, 0.25) is 0 Å². The van der Waals surface area contributed by atoms with E-state index in [-0.39, 0.29) is 18.2 Å². The van der Waals surface area contributed by atoms with E-state index in [9.17, 15) is 18.4 Å². The molecule has 1 unspecified atom stereocenters. The van der Waals surface area contributed by atoms with Crippen molar-refractivity contribution in [3.05, 3.63) is 29.8 Å². The van der Waals surface area contributed by atoms with Crippen LogP contribution in [0.3, 0.4) is 0 Å². The van der Waals surface area contributed by atoms with Gasteiger partial charge in [-0.15, -0.1) is 11.8 Å². The minimum atomic E-state index is -1.08. The first-order valence-corrected chi connectivity index (χ1v) is 7.40.